The number of alkyl halides is 3. The van der Waals surface area contributed by atoms with E-state index in [0.717, 1.165) is 13.2 Å². The van der Waals surface area contributed by atoms with Gasteiger partial charge in [0.1, 0.15) is 11.3 Å². The minimum Gasteiger partial charge on any atom is -0.494 e. The van der Waals surface area contributed by atoms with E-state index in [0.29, 0.717) is 12.1 Å². The van der Waals surface area contributed by atoms with Gasteiger partial charge in [-0.1, -0.05) is 0 Å². The lowest BCUT2D eigenvalue weighted by Gasteiger charge is -2.15. The van der Waals surface area contributed by atoms with E-state index in [1.807, 2.05) is 0 Å². The zero-order valence-electron chi connectivity index (χ0n) is 10.2. The lowest BCUT2D eigenvalue weighted by molar-refractivity contribution is -0.138. The number of halogens is 4. The second-order valence-electron chi connectivity index (χ2n) is 3.86. The SMILES string of the molecule is CCn1c(Cl)nc2cc(C(F)(F)F)c(OC)c(N)c21. The molecule has 0 spiro atoms. The Morgan fingerprint density at radius 3 is 2.58 bits per heavy atom. The van der Waals surface area contributed by atoms with Gasteiger partial charge in [0.25, 0.3) is 0 Å². The molecule has 8 heteroatoms. The number of aryl methyl sites for hydroxylation is 1. The number of hydrogen-bond donors (Lipinski definition) is 1. The molecule has 0 aliphatic carbocycles. The van der Waals surface area contributed by atoms with Crippen LogP contribution in [-0.4, -0.2) is 16.7 Å². The van der Waals surface area contributed by atoms with Crippen LogP contribution in [0.1, 0.15) is 12.5 Å². The van der Waals surface area contributed by atoms with Crippen LogP contribution >= 0.6 is 11.6 Å². The highest BCUT2D eigenvalue weighted by Gasteiger charge is 2.37. The largest absolute Gasteiger partial charge is 0.494 e. The van der Waals surface area contributed by atoms with Gasteiger partial charge in [0.15, 0.2) is 5.75 Å². The molecule has 0 bridgehead atoms. The van der Waals surface area contributed by atoms with Crippen molar-refractivity contribution in [3.63, 3.8) is 0 Å². The topological polar surface area (TPSA) is 53.1 Å². The van der Waals surface area contributed by atoms with Crippen molar-refractivity contribution < 1.29 is 17.9 Å². The van der Waals surface area contributed by atoms with E-state index < -0.39 is 17.5 Å². The number of nitrogens with zero attached hydrogens (tertiary/aromatic N) is 2. The van der Waals surface area contributed by atoms with Crippen LogP contribution in [0.5, 0.6) is 5.75 Å². The fourth-order valence-electron chi connectivity index (χ4n) is 2.00. The summed E-state index contributed by atoms with van der Waals surface area (Å²) < 4.78 is 45.1. The second kappa shape index (κ2) is 4.48. The zero-order valence-corrected chi connectivity index (χ0v) is 10.9. The number of nitrogens with two attached hydrogens (primary N) is 1. The summed E-state index contributed by atoms with van der Waals surface area (Å²) in [4.78, 5) is 3.89. The molecule has 2 N–H and O–H groups in total. The summed E-state index contributed by atoms with van der Waals surface area (Å²) >= 11 is 5.88. The van der Waals surface area contributed by atoms with E-state index in [-0.39, 0.29) is 16.5 Å². The molecule has 0 aliphatic heterocycles. The van der Waals surface area contributed by atoms with E-state index in [4.69, 9.17) is 22.1 Å². The first-order valence-electron chi connectivity index (χ1n) is 5.40. The van der Waals surface area contributed by atoms with Crippen molar-refractivity contribution in [2.75, 3.05) is 12.8 Å². The summed E-state index contributed by atoms with van der Waals surface area (Å²) in [6.45, 7) is 2.23. The van der Waals surface area contributed by atoms with Gasteiger partial charge in [-0.15, -0.1) is 0 Å². The average Bonchev–Trinajstić information content (AvgIpc) is 2.63. The second-order valence-corrected chi connectivity index (χ2v) is 4.20. The van der Waals surface area contributed by atoms with E-state index in [2.05, 4.69) is 4.98 Å². The Morgan fingerprint density at radius 1 is 1.47 bits per heavy atom. The van der Waals surface area contributed by atoms with Crippen LogP contribution in [0.2, 0.25) is 5.28 Å². The maximum atomic E-state index is 12.9. The molecule has 2 rings (SSSR count). The lowest BCUT2D eigenvalue weighted by Crippen LogP contribution is -2.10. The van der Waals surface area contributed by atoms with Crippen molar-refractivity contribution in [2.45, 2.75) is 19.6 Å². The molecule has 0 atom stereocenters. The first-order chi connectivity index (χ1) is 8.81. The summed E-state index contributed by atoms with van der Waals surface area (Å²) in [5.41, 5.74) is 5.13. The van der Waals surface area contributed by atoms with Crippen LogP contribution in [0, 0.1) is 0 Å². The van der Waals surface area contributed by atoms with Gasteiger partial charge in [-0.3, -0.25) is 0 Å². The third kappa shape index (κ3) is 2.07. The molecule has 1 aromatic heterocycles. The molecule has 0 fully saturated rings. The normalized spacial score (nSPS) is 12.1. The highest BCUT2D eigenvalue weighted by Crippen LogP contribution is 2.43. The zero-order chi connectivity index (χ0) is 14.4. The van der Waals surface area contributed by atoms with Gasteiger partial charge in [0.05, 0.1) is 18.1 Å². The van der Waals surface area contributed by atoms with Gasteiger partial charge >= 0.3 is 6.18 Å². The van der Waals surface area contributed by atoms with Crippen LogP contribution < -0.4 is 10.5 Å². The first kappa shape index (κ1) is 13.8. The quantitative estimate of drug-likeness (QED) is 0.864. The number of rotatable bonds is 2. The van der Waals surface area contributed by atoms with Crippen LogP contribution in [0.4, 0.5) is 18.9 Å². The Labute approximate surface area is 111 Å². The maximum absolute atomic E-state index is 12.9. The highest BCUT2D eigenvalue weighted by molar-refractivity contribution is 6.29. The molecule has 4 nitrogen and oxygen atoms in total. The van der Waals surface area contributed by atoms with Crippen LogP contribution in [0.15, 0.2) is 6.07 Å². The summed E-state index contributed by atoms with van der Waals surface area (Å²) in [6.07, 6.45) is -4.57. The van der Waals surface area contributed by atoms with Gasteiger partial charge in [-0.25, -0.2) is 4.98 Å². The lowest BCUT2D eigenvalue weighted by atomic mass is 10.1. The molecule has 1 aromatic carbocycles. The summed E-state index contributed by atoms with van der Waals surface area (Å²) in [7, 11) is 1.14. The van der Waals surface area contributed by atoms with Gasteiger partial charge in [0, 0.05) is 6.54 Å². The van der Waals surface area contributed by atoms with E-state index >= 15 is 0 Å². The number of benzene rings is 1. The molecule has 104 valence electrons. The predicted molar refractivity (Wildman–Crippen MR) is 66.4 cm³/mol. The monoisotopic (exact) mass is 293 g/mol. The molecule has 0 unspecified atom stereocenters. The number of methoxy groups -OCH3 is 1. The van der Waals surface area contributed by atoms with Crippen molar-refractivity contribution in [3.05, 3.63) is 16.9 Å². The van der Waals surface area contributed by atoms with Crippen molar-refractivity contribution in [1.29, 1.82) is 0 Å². The average molecular weight is 294 g/mol. The summed E-state index contributed by atoms with van der Waals surface area (Å²) in [6, 6.07) is 0.891. The van der Waals surface area contributed by atoms with Gasteiger partial charge < -0.3 is 15.0 Å². The Morgan fingerprint density at radius 2 is 2.11 bits per heavy atom. The summed E-state index contributed by atoms with van der Waals surface area (Å²) in [5.74, 6) is -0.411. The molecule has 19 heavy (non-hydrogen) atoms. The van der Waals surface area contributed by atoms with E-state index in [9.17, 15) is 13.2 Å². The van der Waals surface area contributed by atoms with Crippen LogP contribution in [0.3, 0.4) is 0 Å². The van der Waals surface area contributed by atoms with Gasteiger partial charge in [0.2, 0.25) is 5.28 Å². The Balaban J connectivity index is 2.90. The van der Waals surface area contributed by atoms with Crippen LogP contribution in [-0.2, 0) is 12.7 Å². The number of aromatic nitrogens is 2. The Bertz CT molecular complexity index is 636. The molecule has 0 saturated carbocycles. The van der Waals surface area contributed by atoms with Crippen LogP contribution in [0.25, 0.3) is 11.0 Å². The Kier molecular flexibility index (Phi) is 3.25. The molecule has 2 aromatic rings. The number of nitrogen functional groups attached to an aromatic ring is 1. The third-order valence-electron chi connectivity index (χ3n) is 2.80. The molecule has 1 heterocycles. The first-order valence-corrected chi connectivity index (χ1v) is 5.78. The molecular formula is C11H11ClF3N3O. The summed E-state index contributed by atoms with van der Waals surface area (Å²) in [5, 5.41) is 0.0885. The van der Waals surface area contributed by atoms with Gasteiger partial charge in [-0.05, 0) is 24.6 Å². The van der Waals surface area contributed by atoms with Crippen molar-refractivity contribution in [3.8, 4) is 5.75 Å². The van der Waals surface area contributed by atoms with Crippen molar-refractivity contribution in [2.24, 2.45) is 0 Å². The maximum Gasteiger partial charge on any atom is 0.420 e. The number of ether oxygens (including phenoxy) is 1. The van der Waals surface area contributed by atoms with Crippen molar-refractivity contribution in [1.82, 2.24) is 9.55 Å². The standard InChI is InChI=1S/C11H11ClF3N3O/c1-3-18-8-6(17-10(18)12)4-5(11(13,14)15)9(19-2)7(8)16/h4H,3,16H2,1-2H3. The Hall–Kier alpha value is -1.63. The minimum absolute atomic E-state index is 0.0885. The number of fused-ring (bicyclic) bond motifs is 1. The third-order valence-corrected chi connectivity index (χ3v) is 3.09. The molecule has 0 amide bonds. The fourth-order valence-corrected chi connectivity index (χ4v) is 2.30. The molecule has 0 aliphatic rings. The fraction of sp³-hybridized carbons (Fsp3) is 0.364. The number of imidazole rings is 1. The highest BCUT2D eigenvalue weighted by atomic mass is 35.5. The molecular weight excluding hydrogens is 283 g/mol. The number of anilines is 1. The van der Waals surface area contributed by atoms with E-state index in [1.54, 1.807) is 6.92 Å². The predicted octanol–water partition coefficient (Wildman–Crippen LogP) is 3.32. The smallest absolute Gasteiger partial charge is 0.420 e. The number of hydrogen-bond acceptors (Lipinski definition) is 3. The van der Waals surface area contributed by atoms with Crippen molar-refractivity contribution >= 4 is 28.3 Å². The van der Waals surface area contributed by atoms with Gasteiger partial charge in [-0.2, -0.15) is 13.2 Å². The molecule has 0 saturated heterocycles. The van der Waals surface area contributed by atoms with E-state index in [1.165, 1.54) is 4.57 Å². The minimum atomic E-state index is -4.57. The molecule has 0 radical (unpaired) electrons.